The zero-order valence-corrected chi connectivity index (χ0v) is 17.7. The summed E-state index contributed by atoms with van der Waals surface area (Å²) in [7, 11) is 0. The predicted octanol–water partition coefficient (Wildman–Crippen LogP) is 5.00. The van der Waals surface area contributed by atoms with Crippen molar-refractivity contribution in [1.29, 1.82) is 0 Å². The highest BCUT2D eigenvalue weighted by atomic mass is 35.5. The Morgan fingerprint density at radius 3 is 2.72 bits per heavy atom. The zero-order valence-electron chi connectivity index (χ0n) is 16.9. The van der Waals surface area contributed by atoms with E-state index in [0.29, 0.717) is 28.1 Å². The first-order valence-corrected chi connectivity index (χ1v) is 10.1. The van der Waals surface area contributed by atoms with E-state index >= 15 is 0 Å². The molecule has 1 aliphatic heterocycles. The number of carbonyl (C=O) groups excluding carboxylic acids is 1. The number of halogens is 1. The average molecular weight is 449 g/mol. The highest BCUT2D eigenvalue weighted by molar-refractivity contribution is 6.30. The molecule has 32 heavy (non-hydrogen) atoms. The molecule has 0 fully saturated rings. The molecule has 3 heterocycles. The highest BCUT2D eigenvalue weighted by Gasteiger charge is 2.16. The van der Waals surface area contributed by atoms with Crippen LogP contribution in [0.2, 0.25) is 5.02 Å². The number of fused-ring (bicyclic) bond motifs is 1. The summed E-state index contributed by atoms with van der Waals surface area (Å²) in [4.78, 5) is 17.2. The van der Waals surface area contributed by atoms with Crippen LogP contribution in [0.5, 0.6) is 23.1 Å². The molecule has 0 unspecified atom stereocenters. The monoisotopic (exact) mass is 448 g/mol. The lowest BCUT2D eigenvalue weighted by Gasteiger charge is -2.10. The molecule has 1 amide bonds. The summed E-state index contributed by atoms with van der Waals surface area (Å²) in [6.07, 6.45) is 0. The van der Waals surface area contributed by atoms with Crippen molar-refractivity contribution in [3.05, 3.63) is 83.1 Å². The molecule has 0 bridgehead atoms. The molecule has 4 aromatic rings. The number of anilines is 1. The summed E-state index contributed by atoms with van der Waals surface area (Å²) in [5, 5.41) is 7.93. The van der Waals surface area contributed by atoms with Gasteiger partial charge in [-0.1, -0.05) is 17.7 Å². The van der Waals surface area contributed by atoms with Crippen LogP contribution in [0.15, 0.2) is 66.7 Å². The number of benzene rings is 2. The molecule has 9 heteroatoms. The molecule has 2 aromatic heterocycles. The molecular weight excluding hydrogens is 432 g/mol. The van der Waals surface area contributed by atoms with Crippen LogP contribution in [0.25, 0.3) is 5.69 Å². The van der Waals surface area contributed by atoms with Gasteiger partial charge in [-0.25, -0.2) is 9.67 Å². The number of aryl methyl sites for hydroxylation is 1. The number of rotatable bonds is 5. The van der Waals surface area contributed by atoms with Gasteiger partial charge in [0.15, 0.2) is 11.5 Å². The molecule has 0 aliphatic carbocycles. The minimum absolute atomic E-state index is 0.179. The van der Waals surface area contributed by atoms with E-state index < -0.39 is 5.91 Å². The predicted molar refractivity (Wildman–Crippen MR) is 118 cm³/mol. The van der Waals surface area contributed by atoms with Crippen LogP contribution < -0.4 is 19.5 Å². The maximum Gasteiger partial charge on any atom is 0.275 e. The molecule has 1 aliphatic rings. The third-order valence-corrected chi connectivity index (χ3v) is 4.92. The maximum atomic E-state index is 12.9. The van der Waals surface area contributed by atoms with E-state index in [1.807, 2.05) is 19.1 Å². The Labute approximate surface area is 188 Å². The number of pyridine rings is 1. The molecule has 0 atom stereocenters. The van der Waals surface area contributed by atoms with Gasteiger partial charge in [-0.2, -0.15) is 5.10 Å². The third-order valence-electron chi connectivity index (χ3n) is 4.67. The van der Waals surface area contributed by atoms with Crippen molar-refractivity contribution < 1.29 is 19.0 Å². The highest BCUT2D eigenvalue weighted by Crippen LogP contribution is 2.36. The molecule has 160 valence electrons. The van der Waals surface area contributed by atoms with Crippen LogP contribution in [-0.4, -0.2) is 27.5 Å². The first-order valence-electron chi connectivity index (χ1n) is 9.74. The fourth-order valence-electron chi connectivity index (χ4n) is 3.21. The van der Waals surface area contributed by atoms with Crippen LogP contribution in [-0.2, 0) is 0 Å². The van der Waals surface area contributed by atoms with Crippen LogP contribution in [0, 0.1) is 6.92 Å². The van der Waals surface area contributed by atoms with Crippen LogP contribution in [0.1, 0.15) is 16.2 Å². The van der Waals surface area contributed by atoms with Crippen molar-refractivity contribution >= 4 is 23.3 Å². The Hall–Kier alpha value is -4.04. The van der Waals surface area contributed by atoms with E-state index in [9.17, 15) is 4.79 Å². The Morgan fingerprint density at radius 2 is 1.88 bits per heavy atom. The molecule has 0 saturated heterocycles. The van der Waals surface area contributed by atoms with Gasteiger partial charge in [0.25, 0.3) is 5.91 Å². The van der Waals surface area contributed by atoms with Crippen molar-refractivity contribution in [1.82, 2.24) is 14.8 Å². The SMILES string of the molecule is Cc1cc(NC(=O)c2cccc(Oc3ccc4c(c3)OCO4)n2)n(-c2ccc(Cl)cc2)n1. The summed E-state index contributed by atoms with van der Waals surface area (Å²) in [6.45, 7) is 2.03. The van der Waals surface area contributed by atoms with Gasteiger partial charge in [0.05, 0.1) is 11.4 Å². The zero-order chi connectivity index (χ0) is 22.1. The quantitative estimate of drug-likeness (QED) is 0.462. The Kier molecular flexibility index (Phi) is 5.12. The summed E-state index contributed by atoms with van der Waals surface area (Å²) in [5.74, 6) is 2.18. The largest absolute Gasteiger partial charge is 0.454 e. The number of carbonyl (C=O) groups is 1. The van der Waals surface area contributed by atoms with E-state index in [-0.39, 0.29) is 18.4 Å². The number of nitrogens with one attached hydrogen (secondary N) is 1. The van der Waals surface area contributed by atoms with Crippen molar-refractivity contribution in [2.75, 3.05) is 12.1 Å². The number of nitrogens with zero attached hydrogens (tertiary/aromatic N) is 3. The summed E-state index contributed by atoms with van der Waals surface area (Å²) in [5.41, 5.74) is 1.72. The first-order chi connectivity index (χ1) is 15.5. The molecule has 1 N–H and O–H groups in total. The molecule has 8 nitrogen and oxygen atoms in total. The molecule has 2 aromatic carbocycles. The summed E-state index contributed by atoms with van der Waals surface area (Å²) in [6, 6.07) is 19.1. The van der Waals surface area contributed by atoms with Gasteiger partial charge in [0.2, 0.25) is 12.7 Å². The van der Waals surface area contributed by atoms with E-state index in [1.54, 1.807) is 59.3 Å². The van der Waals surface area contributed by atoms with Gasteiger partial charge in [-0.05, 0) is 49.4 Å². The number of aromatic nitrogens is 3. The van der Waals surface area contributed by atoms with Gasteiger partial charge >= 0.3 is 0 Å². The summed E-state index contributed by atoms with van der Waals surface area (Å²) < 4.78 is 18.1. The second-order valence-corrected chi connectivity index (χ2v) is 7.43. The Balaban J connectivity index is 1.35. The fraction of sp³-hybridized carbons (Fsp3) is 0.0870. The Bertz CT molecular complexity index is 1300. The Morgan fingerprint density at radius 1 is 1.06 bits per heavy atom. The number of hydrogen-bond donors (Lipinski definition) is 1. The number of hydrogen-bond acceptors (Lipinski definition) is 6. The molecule has 5 rings (SSSR count). The van der Waals surface area contributed by atoms with Crippen molar-refractivity contribution in [3.63, 3.8) is 0 Å². The van der Waals surface area contributed by atoms with Gasteiger partial charge in [-0.15, -0.1) is 0 Å². The van der Waals surface area contributed by atoms with E-state index in [4.69, 9.17) is 25.8 Å². The van der Waals surface area contributed by atoms with Gasteiger partial charge in [-0.3, -0.25) is 4.79 Å². The lowest BCUT2D eigenvalue weighted by atomic mass is 10.3. The van der Waals surface area contributed by atoms with Gasteiger partial charge in [0, 0.05) is 23.2 Å². The van der Waals surface area contributed by atoms with Crippen molar-refractivity contribution in [2.24, 2.45) is 0 Å². The van der Waals surface area contributed by atoms with Gasteiger partial charge < -0.3 is 19.5 Å². The standard InChI is InChI=1S/C23H17ClN4O4/c1-14-11-21(28(27-14)16-7-5-15(24)6-8-16)26-23(29)18-3-2-4-22(25-18)32-17-9-10-19-20(12-17)31-13-30-19/h2-12H,13H2,1H3,(H,26,29). The number of ether oxygens (including phenoxy) is 3. The average Bonchev–Trinajstić information content (AvgIpc) is 3.40. The van der Waals surface area contributed by atoms with Crippen molar-refractivity contribution in [2.45, 2.75) is 6.92 Å². The van der Waals surface area contributed by atoms with E-state index in [1.165, 1.54) is 0 Å². The van der Waals surface area contributed by atoms with Crippen LogP contribution >= 0.6 is 11.6 Å². The lowest BCUT2D eigenvalue weighted by Crippen LogP contribution is -2.16. The molecule has 0 spiro atoms. The van der Waals surface area contributed by atoms with Gasteiger partial charge in [0.1, 0.15) is 17.3 Å². The summed E-state index contributed by atoms with van der Waals surface area (Å²) >= 11 is 5.98. The lowest BCUT2D eigenvalue weighted by molar-refractivity contribution is 0.102. The fourth-order valence-corrected chi connectivity index (χ4v) is 3.33. The third kappa shape index (κ3) is 4.08. The van der Waals surface area contributed by atoms with E-state index in [0.717, 1.165) is 11.4 Å². The molecular formula is C23H17ClN4O4. The molecule has 0 radical (unpaired) electrons. The second kappa shape index (κ2) is 8.24. The van der Waals surface area contributed by atoms with Crippen molar-refractivity contribution in [3.8, 4) is 28.8 Å². The maximum absolute atomic E-state index is 12.9. The topological polar surface area (TPSA) is 87.5 Å². The van der Waals surface area contributed by atoms with Crippen LogP contribution in [0.4, 0.5) is 5.82 Å². The minimum atomic E-state index is -0.392. The second-order valence-electron chi connectivity index (χ2n) is 6.99. The van der Waals surface area contributed by atoms with E-state index in [2.05, 4.69) is 15.4 Å². The minimum Gasteiger partial charge on any atom is -0.454 e. The molecule has 0 saturated carbocycles. The normalized spacial score (nSPS) is 11.9. The smallest absolute Gasteiger partial charge is 0.275 e. The van der Waals surface area contributed by atoms with Crippen LogP contribution in [0.3, 0.4) is 0 Å². The number of amides is 1. The first kappa shape index (κ1) is 19.9.